The summed E-state index contributed by atoms with van der Waals surface area (Å²) in [5.74, 6) is -2.49. The zero-order chi connectivity index (χ0) is 28.0. The van der Waals surface area contributed by atoms with Crippen LogP contribution in [0.1, 0.15) is 31.7 Å². The number of ether oxygens (including phenoxy) is 3. The monoisotopic (exact) mass is 518 g/mol. The molecule has 1 amide bonds. The maximum Gasteiger partial charge on any atom is 0.355 e. The van der Waals surface area contributed by atoms with Crippen LogP contribution < -0.4 is 20.7 Å². The van der Waals surface area contributed by atoms with E-state index in [1.54, 1.807) is 42.5 Å². The van der Waals surface area contributed by atoms with Gasteiger partial charge in [0.1, 0.15) is 17.3 Å². The van der Waals surface area contributed by atoms with E-state index in [-0.39, 0.29) is 40.2 Å². The molecule has 10 heteroatoms. The number of nitriles is 1. The molecule has 0 radical (unpaired) electrons. The van der Waals surface area contributed by atoms with Crippen LogP contribution in [0.5, 0.6) is 5.75 Å². The molecule has 2 aromatic carbocycles. The van der Waals surface area contributed by atoms with Gasteiger partial charge in [-0.2, -0.15) is 5.26 Å². The normalized spacial score (nSPS) is 15.2. The molecule has 198 valence electrons. The molecule has 0 bridgehead atoms. The number of nitrogens with two attached hydrogens (primary N) is 1. The van der Waals surface area contributed by atoms with Crippen LogP contribution in [-0.2, 0) is 23.9 Å². The van der Waals surface area contributed by atoms with E-state index in [1.807, 2.05) is 13.8 Å². The fourth-order valence-electron chi connectivity index (χ4n) is 4.28. The predicted molar refractivity (Wildman–Crippen MR) is 141 cm³/mol. The van der Waals surface area contributed by atoms with E-state index < -0.39 is 17.9 Å². The van der Waals surface area contributed by atoms with Crippen molar-refractivity contribution in [3.8, 4) is 11.8 Å². The molecule has 3 rings (SSSR count). The zero-order valence-electron chi connectivity index (χ0n) is 21.9. The summed E-state index contributed by atoms with van der Waals surface area (Å²) in [4.78, 5) is 40.0. The fraction of sp³-hybridized carbons (Fsp3) is 0.286. The Labute approximate surface area is 221 Å². The summed E-state index contributed by atoms with van der Waals surface area (Å²) >= 11 is 0. The van der Waals surface area contributed by atoms with Crippen molar-refractivity contribution in [2.24, 2.45) is 11.7 Å². The highest BCUT2D eigenvalue weighted by atomic mass is 16.5. The van der Waals surface area contributed by atoms with Crippen LogP contribution in [0.4, 0.5) is 11.4 Å². The van der Waals surface area contributed by atoms with Gasteiger partial charge in [0.05, 0.1) is 55.8 Å². The Kier molecular flexibility index (Phi) is 8.76. The van der Waals surface area contributed by atoms with Gasteiger partial charge in [0.25, 0.3) is 0 Å². The molecule has 0 saturated heterocycles. The van der Waals surface area contributed by atoms with E-state index in [2.05, 4.69) is 11.4 Å². The first-order valence-corrected chi connectivity index (χ1v) is 11.8. The molecule has 3 N–H and O–H groups in total. The lowest BCUT2D eigenvalue weighted by molar-refractivity contribution is -0.139. The van der Waals surface area contributed by atoms with Crippen LogP contribution in [-0.4, -0.2) is 39.2 Å². The van der Waals surface area contributed by atoms with Crippen LogP contribution in [0, 0.1) is 17.2 Å². The van der Waals surface area contributed by atoms with E-state index in [0.29, 0.717) is 23.4 Å². The minimum absolute atomic E-state index is 0.0394. The van der Waals surface area contributed by atoms with Crippen molar-refractivity contribution in [3.63, 3.8) is 0 Å². The van der Waals surface area contributed by atoms with Gasteiger partial charge >= 0.3 is 11.9 Å². The number of amides is 1. The van der Waals surface area contributed by atoms with Crippen molar-refractivity contribution in [1.29, 1.82) is 5.26 Å². The van der Waals surface area contributed by atoms with Gasteiger partial charge in [-0.3, -0.25) is 9.69 Å². The van der Waals surface area contributed by atoms with Gasteiger partial charge in [-0.1, -0.05) is 44.2 Å². The summed E-state index contributed by atoms with van der Waals surface area (Å²) in [6, 6.07) is 15.5. The summed E-state index contributed by atoms with van der Waals surface area (Å²) in [6.45, 7) is 3.86. The smallest absolute Gasteiger partial charge is 0.355 e. The molecule has 0 fully saturated rings. The van der Waals surface area contributed by atoms with Gasteiger partial charge in [-0.15, -0.1) is 0 Å². The van der Waals surface area contributed by atoms with Crippen molar-refractivity contribution in [2.75, 3.05) is 31.5 Å². The Bertz CT molecular complexity index is 1340. The van der Waals surface area contributed by atoms with E-state index >= 15 is 0 Å². The highest BCUT2D eigenvalue weighted by Gasteiger charge is 2.43. The summed E-state index contributed by atoms with van der Waals surface area (Å²) in [5.41, 5.74) is 7.51. The number of rotatable bonds is 8. The number of allylic oxidation sites excluding steroid dienone is 1. The first-order chi connectivity index (χ1) is 18.2. The molecule has 0 spiro atoms. The molecule has 1 heterocycles. The molecule has 10 nitrogen and oxygen atoms in total. The molecule has 0 saturated carbocycles. The van der Waals surface area contributed by atoms with Crippen molar-refractivity contribution in [3.05, 3.63) is 76.8 Å². The average Bonchev–Trinajstić information content (AvgIpc) is 2.91. The van der Waals surface area contributed by atoms with Crippen LogP contribution in [0.2, 0.25) is 0 Å². The number of nitrogens with zero attached hydrogens (tertiary/aromatic N) is 2. The molecule has 1 aliphatic heterocycles. The van der Waals surface area contributed by atoms with Crippen LogP contribution >= 0.6 is 0 Å². The van der Waals surface area contributed by atoms with E-state index in [4.69, 9.17) is 19.9 Å². The number of hydrogen-bond acceptors (Lipinski definition) is 9. The number of benzene rings is 2. The first kappa shape index (κ1) is 27.8. The lowest BCUT2D eigenvalue weighted by Gasteiger charge is -2.36. The summed E-state index contributed by atoms with van der Waals surface area (Å²) in [6.07, 6.45) is 0.316. The van der Waals surface area contributed by atoms with E-state index in [0.717, 1.165) is 0 Å². The molecular weight excluding hydrogens is 488 g/mol. The highest BCUT2D eigenvalue weighted by Crippen LogP contribution is 2.44. The fourth-order valence-corrected chi connectivity index (χ4v) is 4.28. The van der Waals surface area contributed by atoms with Crippen molar-refractivity contribution >= 4 is 29.2 Å². The molecule has 2 aromatic rings. The molecule has 1 unspecified atom stereocenters. The lowest BCUT2D eigenvalue weighted by Crippen LogP contribution is -2.40. The van der Waals surface area contributed by atoms with Crippen molar-refractivity contribution in [1.82, 2.24) is 0 Å². The molecule has 38 heavy (non-hydrogen) atoms. The number of esters is 2. The third-order valence-corrected chi connectivity index (χ3v) is 5.92. The number of nitrogens with one attached hydrogen (secondary N) is 1. The Balaban J connectivity index is 2.27. The second-order valence-electron chi connectivity index (χ2n) is 8.87. The van der Waals surface area contributed by atoms with Crippen LogP contribution in [0.15, 0.2) is 71.2 Å². The first-order valence-electron chi connectivity index (χ1n) is 11.8. The largest absolute Gasteiger partial charge is 0.494 e. The minimum Gasteiger partial charge on any atom is -0.494 e. The summed E-state index contributed by atoms with van der Waals surface area (Å²) < 4.78 is 15.6. The number of hydrogen-bond donors (Lipinski definition) is 2. The Morgan fingerprint density at radius 3 is 2.26 bits per heavy atom. The number of anilines is 2. The van der Waals surface area contributed by atoms with Gasteiger partial charge in [0.15, 0.2) is 0 Å². The van der Waals surface area contributed by atoms with Gasteiger partial charge in [0, 0.05) is 12.5 Å². The van der Waals surface area contributed by atoms with Crippen LogP contribution in [0.25, 0.3) is 0 Å². The number of methoxy groups -OCH3 is 3. The minimum atomic E-state index is -0.976. The summed E-state index contributed by atoms with van der Waals surface area (Å²) in [7, 11) is 3.78. The second kappa shape index (κ2) is 12.0. The maximum atomic E-state index is 13.2. The van der Waals surface area contributed by atoms with Crippen molar-refractivity contribution < 1.29 is 28.6 Å². The Morgan fingerprint density at radius 2 is 1.71 bits per heavy atom. The third kappa shape index (κ3) is 5.47. The SMILES string of the molecule is COC(=O)C1=C(C(=O)OC)N(c2ccc(NC(=O)CC(C)C)c(OC)c2)C(N)=C(C#N)C1c1ccccc1. The average molecular weight is 519 g/mol. The standard InChI is InChI=1S/C28H30N4O6/c1-16(2)13-22(33)31-20-12-11-18(14-21(20)36-3)32-25(28(35)38-5)24(27(34)37-4)23(19(15-29)26(32)30)17-9-7-6-8-10-17/h6-12,14,16,23H,13,30H2,1-5H3,(H,31,33). The molecular formula is C28H30N4O6. The number of carbonyl (C=O) groups excluding carboxylic acids is 3. The van der Waals surface area contributed by atoms with Crippen LogP contribution in [0.3, 0.4) is 0 Å². The van der Waals surface area contributed by atoms with E-state index in [9.17, 15) is 19.6 Å². The zero-order valence-corrected chi connectivity index (χ0v) is 21.9. The molecule has 0 aliphatic carbocycles. The second-order valence-corrected chi connectivity index (χ2v) is 8.87. The molecule has 1 aliphatic rings. The molecule has 1 atom stereocenters. The Hall–Kier alpha value is -4.78. The predicted octanol–water partition coefficient (Wildman–Crippen LogP) is 3.58. The van der Waals surface area contributed by atoms with Gasteiger partial charge in [-0.25, -0.2) is 9.59 Å². The summed E-state index contributed by atoms with van der Waals surface area (Å²) in [5, 5.41) is 13.0. The van der Waals surface area contributed by atoms with Gasteiger partial charge < -0.3 is 25.3 Å². The highest BCUT2D eigenvalue weighted by molar-refractivity contribution is 6.06. The maximum absolute atomic E-state index is 13.2. The van der Waals surface area contributed by atoms with Gasteiger partial charge in [0.2, 0.25) is 5.91 Å². The molecule has 0 aromatic heterocycles. The topological polar surface area (TPSA) is 144 Å². The quantitative estimate of drug-likeness (QED) is 0.501. The third-order valence-electron chi connectivity index (χ3n) is 5.92. The number of carbonyl (C=O) groups is 3. The van der Waals surface area contributed by atoms with E-state index in [1.165, 1.54) is 32.3 Å². The Morgan fingerprint density at radius 1 is 1.05 bits per heavy atom. The lowest BCUT2D eigenvalue weighted by atomic mass is 9.81. The van der Waals surface area contributed by atoms with Gasteiger partial charge in [-0.05, 0) is 23.6 Å². The van der Waals surface area contributed by atoms with Crippen molar-refractivity contribution in [2.45, 2.75) is 26.2 Å².